The molecule has 1 atom stereocenters. The monoisotopic (exact) mass is 426 g/mol. The van der Waals surface area contributed by atoms with Crippen molar-refractivity contribution >= 4 is 16.7 Å². The molecule has 0 bridgehead atoms. The van der Waals surface area contributed by atoms with Crippen molar-refractivity contribution in [2.45, 2.75) is 6.10 Å². The minimum Gasteiger partial charge on any atom is -0.497 e. The first kappa shape index (κ1) is 20.6. The molecule has 1 aromatic heterocycles. The normalized spacial score (nSPS) is 15.7. The van der Waals surface area contributed by atoms with Crippen LogP contribution in [0.1, 0.15) is 0 Å². The Morgan fingerprint density at radius 1 is 1.00 bits per heavy atom. The van der Waals surface area contributed by atoms with Crippen LogP contribution in [0.5, 0.6) is 11.5 Å². The molecule has 1 saturated heterocycles. The van der Waals surface area contributed by atoms with Gasteiger partial charge in [-0.1, -0.05) is 30.3 Å². The smallest absolute Gasteiger partial charge is 0.205 e. The van der Waals surface area contributed by atoms with E-state index >= 15 is 0 Å². The van der Waals surface area contributed by atoms with Gasteiger partial charge in [-0.3, -0.25) is 4.90 Å². The van der Waals surface area contributed by atoms with Gasteiger partial charge < -0.3 is 19.5 Å². The van der Waals surface area contributed by atoms with Crippen molar-refractivity contribution in [3.63, 3.8) is 0 Å². The lowest BCUT2D eigenvalue weighted by molar-refractivity contribution is 0.0663. The maximum absolute atomic E-state index is 10.4. The second-order valence-electron chi connectivity index (χ2n) is 7.19. The van der Waals surface area contributed by atoms with Crippen molar-refractivity contribution in [2.24, 2.45) is 0 Å². The molecule has 158 valence electrons. The molecule has 0 amide bonds. The van der Waals surface area contributed by atoms with Gasteiger partial charge in [0.25, 0.3) is 0 Å². The summed E-state index contributed by atoms with van der Waals surface area (Å²) in [5, 5.41) is 11.3. The quantitative estimate of drug-likeness (QED) is 0.594. The number of β-amino-alcohol motifs (C(OH)–C–C–N with tert-alkyl or cyclic N) is 1. The summed E-state index contributed by atoms with van der Waals surface area (Å²) >= 11 is 1.44. The number of methoxy groups -OCH3 is 1. The minimum absolute atomic E-state index is 0.267. The third kappa shape index (κ3) is 5.27. The highest BCUT2D eigenvalue weighted by molar-refractivity contribution is 7.09. The van der Waals surface area contributed by atoms with E-state index in [-0.39, 0.29) is 6.61 Å². The van der Waals surface area contributed by atoms with Gasteiger partial charge in [-0.25, -0.2) is 0 Å². The van der Waals surface area contributed by atoms with E-state index in [4.69, 9.17) is 14.5 Å². The van der Waals surface area contributed by atoms with Gasteiger partial charge in [0.1, 0.15) is 24.2 Å². The number of ether oxygens (including phenoxy) is 2. The van der Waals surface area contributed by atoms with Crippen LogP contribution in [-0.4, -0.2) is 71.9 Å². The number of benzene rings is 2. The fraction of sp³-hybridized carbons (Fsp3) is 0.364. The number of rotatable bonds is 8. The molecule has 2 heterocycles. The number of piperazine rings is 1. The Kier molecular flexibility index (Phi) is 6.78. The summed E-state index contributed by atoms with van der Waals surface area (Å²) in [4.78, 5) is 9.23. The third-order valence-corrected chi connectivity index (χ3v) is 5.84. The largest absolute Gasteiger partial charge is 0.497 e. The van der Waals surface area contributed by atoms with Crippen molar-refractivity contribution < 1.29 is 14.6 Å². The van der Waals surface area contributed by atoms with Crippen LogP contribution < -0.4 is 14.4 Å². The van der Waals surface area contributed by atoms with E-state index < -0.39 is 6.10 Å². The molecule has 1 aliphatic heterocycles. The first-order chi connectivity index (χ1) is 14.7. The first-order valence-electron chi connectivity index (χ1n) is 10.0. The topological polar surface area (TPSA) is 71.0 Å². The van der Waals surface area contributed by atoms with Crippen molar-refractivity contribution in [1.82, 2.24) is 14.3 Å². The molecular formula is C22H26N4O3S. The van der Waals surface area contributed by atoms with Crippen LogP contribution >= 0.6 is 11.5 Å². The zero-order valence-electron chi connectivity index (χ0n) is 17.0. The van der Waals surface area contributed by atoms with Gasteiger partial charge in [-0.2, -0.15) is 9.36 Å². The number of hydrogen-bond donors (Lipinski definition) is 1. The first-order valence-corrected chi connectivity index (χ1v) is 10.8. The number of nitrogens with zero attached hydrogens (tertiary/aromatic N) is 4. The van der Waals surface area contributed by atoms with Gasteiger partial charge in [-0.15, -0.1) is 0 Å². The van der Waals surface area contributed by atoms with Crippen LogP contribution in [0.25, 0.3) is 11.4 Å². The minimum atomic E-state index is -0.537. The van der Waals surface area contributed by atoms with E-state index in [9.17, 15) is 5.11 Å². The Labute approximate surface area is 180 Å². The Hall–Kier alpha value is -2.68. The molecule has 30 heavy (non-hydrogen) atoms. The maximum atomic E-state index is 10.4. The van der Waals surface area contributed by atoms with E-state index in [2.05, 4.69) is 14.2 Å². The molecular weight excluding hydrogens is 400 g/mol. The van der Waals surface area contributed by atoms with Crippen LogP contribution in [0.3, 0.4) is 0 Å². The summed E-state index contributed by atoms with van der Waals surface area (Å²) in [6.07, 6.45) is -0.537. The van der Waals surface area contributed by atoms with Crippen molar-refractivity contribution in [2.75, 3.05) is 51.3 Å². The summed E-state index contributed by atoms with van der Waals surface area (Å²) in [5.74, 6) is 2.29. The number of aromatic nitrogens is 2. The highest BCUT2D eigenvalue weighted by Crippen LogP contribution is 2.24. The predicted octanol–water partition coefficient (Wildman–Crippen LogP) is 2.78. The lowest BCUT2D eigenvalue weighted by atomic mass is 10.2. The lowest BCUT2D eigenvalue weighted by Crippen LogP contribution is -2.49. The molecule has 1 aliphatic rings. The zero-order valence-corrected chi connectivity index (χ0v) is 17.8. The molecule has 7 nitrogen and oxygen atoms in total. The molecule has 0 saturated carbocycles. The molecule has 3 aromatic rings. The van der Waals surface area contributed by atoms with Gasteiger partial charge in [0.15, 0.2) is 5.82 Å². The van der Waals surface area contributed by atoms with Crippen LogP contribution in [0.4, 0.5) is 5.13 Å². The molecule has 1 N–H and O–H groups in total. The predicted molar refractivity (Wildman–Crippen MR) is 118 cm³/mol. The van der Waals surface area contributed by atoms with Crippen molar-refractivity contribution in [1.29, 1.82) is 0 Å². The number of aliphatic hydroxyl groups is 1. The highest BCUT2D eigenvalue weighted by Gasteiger charge is 2.22. The lowest BCUT2D eigenvalue weighted by Gasteiger charge is -2.35. The Balaban J connectivity index is 1.22. The van der Waals surface area contributed by atoms with Crippen LogP contribution in [0, 0.1) is 0 Å². The fourth-order valence-electron chi connectivity index (χ4n) is 3.39. The number of aliphatic hydroxyl groups excluding tert-OH is 1. The fourth-order valence-corrected chi connectivity index (χ4v) is 4.12. The van der Waals surface area contributed by atoms with Gasteiger partial charge in [0.2, 0.25) is 5.13 Å². The van der Waals surface area contributed by atoms with E-state index in [1.165, 1.54) is 11.5 Å². The average Bonchev–Trinajstić information content (AvgIpc) is 3.29. The van der Waals surface area contributed by atoms with Gasteiger partial charge in [0, 0.05) is 49.8 Å². The van der Waals surface area contributed by atoms with E-state index in [0.29, 0.717) is 6.54 Å². The van der Waals surface area contributed by atoms with Gasteiger partial charge in [-0.05, 0) is 24.3 Å². The van der Waals surface area contributed by atoms with Crippen molar-refractivity contribution in [3.05, 3.63) is 54.6 Å². The van der Waals surface area contributed by atoms with Crippen LogP contribution in [0.2, 0.25) is 0 Å². The second-order valence-corrected chi connectivity index (χ2v) is 7.92. The maximum Gasteiger partial charge on any atom is 0.205 e. The Bertz CT molecular complexity index is 912. The summed E-state index contributed by atoms with van der Waals surface area (Å²) in [7, 11) is 1.63. The number of hydrogen-bond acceptors (Lipinski definition) is 8. The summed E-state index contributed by atoms with van der Waals surface area (Å²) in [5.41, 5.74) is 1.04. The van der Waals surface area contributed by atoms with E-state index in [0.717, 1.165) is 54.2 Å². The standard InChI is InChI=1S/C22H26N4O3S/c1-28-19-7-9-20(10-8-19)29-16-18(27)15-25-11-13-26(14-12-25)22-23-21(24-30-22)17-5-3-2-4-6-17/h2-10,18,27H,11-16H2,1H3. The zero-order chi connectivity index (χ0) is 20.8. The summed E-state index contributed by atoms with van der Waals surface area (Å²) in [6.45, 7) is 4.35. The molecule has 0 spiro atoms. The molecule has 8 heteroatoms. The second kappa shape index (κ2) is 9.88. The summed E-state index contributed by atoms with van der Waals surface area (Å²) < 4.78 is 15.3. The summed E-state index contributed by atoms with van der Waals surface area (Å²) in [6, 6.07) is 17.4. The van der Waals surface area contributed by atoms with Crippen LogP contribution in [0.15, 0.2) is 54.6 Å². The molecule has 2 aromatic carbocycles. The average molecular weight is 427 g/mol. The molecule has 1 fully saturated rings. The molecule has 4 rings (SSSR count). The van der Waals surface area contributed by atoms with Gasteiger partial charge in [0.05, 0.1) is 7.11 Å². The Morgan fingerprint density at radius 3 is 2.40 bits per heavy atom. The Morgan fingerprint density at radius 2 is 1.70 bits per heavy atom. The SMILES string of the molecule is COc1ccc(OCC(O)CN2CCN(c3nc(-c4ccccc4)ns3)CC2)cc1. The van der Waals surface area contributed by atoms with Gasteiger partial charge >= 0.3 is 0 Å². The third-order valence-electron chi connectivity index (χ3n) is 5.06. The highest BCUT2D eigenvalue weighted by atomic mass is 32.1. The van der Waals surface area contributed by atoms with Crippen molar-refractivity contribution in [3.8, 4) is 22.9 Å². The van der Waals surface area contributed by atoms with E-state index in [1.54, 1.807) is 7.11 Å². The molecule has 0 aliphatic carbocycles. The van der Waals surface area contributed by atoms with Crippen LogP contribution in [-0.2, 0) is 0 Å². The molecule has 1 unspecified atom stereocenters. The van der Waals surface area contributed by atoms with E-state index in [1.807, 2.05) is 54.6 Å². The number of anilines is 1. The molecule has 0 radical (unpaired) electrons.